The number of esters is 1. The molecule has 11 heteroatoms. The number of amides is 3. The number of nitrogens with one attached hydrogen (secondary N) is 3. The van der Waals surface area contributed by atoms with Crippen LogP contribution in [0.25, 0.3) is 0 Å². The SMILES string of the molecule is CCC[C@H](NC(=O)[C@@H](NC(=O)CCCC(=O)OC(C)(C)C)[C@H](C)CC)C(=O)N[C@@H](CC(C)C)[C@@H](O)CC(=O)O. The van der Waals surface area contributed by atoms with Crippen LogP contribution in [-0.2, 0) is 28.7 Å². The Morgan fingerprint density at radius 2 is 1.51 bits per heavy atom. The van der Waals surface area contributed by atoms with E-state index >= 15 is 0 Å². The fraction of sp³-hybridized carbons (Fsp3) is 0.821. The summed E-state index contributed by atoms with van der Waals surface area (Å²) in [7, 11) is 0. The highest BCUT2D eigenvalue weighted by Crippen LogP contribution is 2.14. The van der Waals surface area contributed by atoms with Crippen molar-refractivity contribution >= 4 is 29.7 Å². The number of carboxylic acid groups (broad SMARTS) is 1. The first-order valence-corrected chi connectivity index (χ1v) is 14.0. The first kappa shape index (κ1) is 36.3. The van der Waals surface area contributed by atoms with Gasteiger partial charge in [-0.3, -0.25) is 24.0 Å². The van der Waals surface area contributed by atoms with Crippen LogP contribution < -0.4 is 16.0 Å². The third-order valence-electron chi connectivity index (χ3n) is 6.13. The smallest absolute Gasteiger partial charge is 0.306 e. The van der Waals surface area contributed by atoms with Gasteiger partial charge in [0.2, 0.25) is 17.7 Å². The largest absolute Gasteiger partial charge is 0.481 e. The summed E-state index contributed by atoms with van der Waals surface area (Å²) in [5, 5.41) is 27.6. The lowest BCUT2D eigenvalue weighted by atomic mass is 9.96. The zero-order valence-corrected chi connectivity index (χ0v) is 25.0. The van der Waals surface area contributed by atoms with Gasteiger partial charge in [0.1, 0.15) is 17.7 Å². The van der Waals surface area contributed by atoms with Gasteiger partial charge in [0.05, 0.1) is 18.6 Å². The molecule has 0 aromatic rings. The minimum atomic E-state index is -1.28. The Morgan fingerprint density at radius 3 is 2.00 bits per heavy atom. The second-order valence-electron chi connectivity index (χ2n) is 11.6. The van der Waals surface area contributed by atoms with Gasteiger partial charge in [-0.1, -0.05) is 47.5 Å². The number of hydrogen-bond acceptors (Lipinski definition) is 7. The van der Waals surface area contributed by atoms with E-state index in [1.54, 1.807) is 20.8 Å². The second kappa shape index (κ2) is 17.8. The Bertz CT molecular complexity index is 809. The van der Waals surface area contributed by atoms with E-state index in [2.05, 4.69) is 16.0 Å². The predicted octanol–water partition coefficient (Wildman–Crippen LogP) is 2.68. The number of carbonyl (C=O) groups excluding carboxylic acids is 4. The van der Waals surface area contributed by atoms with Crippen LogP contribution >= 0.6 is 0 Å². The van der Waals surface area contributed by atoms with Crippen LogP contribution in [-0.4, -0.2) is 69.7 Å². The predicted molar refractivity (Wildman–Crippen MR) is 148 cm³/mol. The molecule has 226 valence electrons. The van der Waals surface area contributed by atoms with E-state index in [0.29, 0.717) is 25.7 Å². The van der Waals surface area contributed by atoms with Gasteiger partial charge in [-0.25, -0.2) is 0 Å². The van der Waals surface area contributed by atoms with E-state index in [-0.39, 0.29) is 37.0 Å². The summed E-state index contributed by atoms with van der Waals surface area (Å²) in [5.74, 6) is -3.14. The fourth-order valence-corrected chi connectivity index (χ4v) is 3.98. The van der Waals surface area contributed by atoms with Gasteiger partial charge in [-0.15, -0.1) is 0 Å². The van der Waals surface area contributed by atoms with Crippen LogP contribution in [0.5, 0.6) is 0 Å². The number of rotatable bonds is 18. The summed E-state index contributed by atoms with van der Waals surface area (Å²) >= 11 is 0. The molecule has 0 spiro atoms. The molecule has 0 unspecified atom stereocenters. The van der Waals surface area contributed by atoms with Crippen molar-refractivity contribution in [2.24, 2.45) is 11.8 Å². The fourth-order valence-electron chi connectivity index (χ4n) is 3.98. The molecule has 0 aliphatic rings. The maximum atomic E-state index is 13.2. The van der Waals surface area contributed by atoms with E-state index in [9.17, 15) is 29.1 Å². The van der Waals surface area contributed by atoms with Crippen molar-refractivity contribution in [3.63, 3.8) is 0 Å². The average molecular weight is 558 g/mol. The van der Waals surface area contributed by atoms with Crippen LogP contribution in [0.3, 0.4) is 0 Å². The molecule has 0 aromatic heterocycles. The molecule has 39 heavy (non-hydrogen) atoms. The van der Waals surface area contributed by atoms with E-state index in [0.717, 1.165) is 0 Å². The van der Waals surface area contributed by atoms with Gasteiger partial charge < -0.3 is 30.9 Å². The van der Waals surface area contributed by atoms with Crippen molar-refractivity contribution < 1.29 is 38.9 Å². The number of carboxylic acids is 1. The molecule has 0 bridgehead atoms. The lowest BCUT2D eigenvalue weighted by molar-refractivity contribution is -0.155. The minimum Gasteiger partial charge on any atom is -0.481 e. The van der Waals surface area contributed by atoms with Crippen molar-refractivity contribution in [2.75, 3.05) is 0 Å². The standard InChI is InChI=1S/C28H51N3O8/c1-9-12-19(26(37)30-20(15-17(3)4)21(32)16-23(34)35)29-27(38)25(18(5)10-2)31-22(33)13-11-14-24(36)39-28(6,7)8/h17-21,25,32H,9-16H2,1-8H3,(H,29,38)(H,30,37)(H,31,33)(H,34,35)/t18-,19+,20+,21+,25+/m1/s1. The normalized spacial score (nSPS) is 15.4. The molecule has 0 rings (SSSR count). The number of hydrogen-bond donors (Lipinski definition) is 5. The molecule has 0 fully saturated rings. The minimum absolute atomic E-state index is 0.0384. The van der Waals surface area contributed by atoms with Crippen molar-refractivity contribution in [1.82, 2.24) is 16.0 Å². The van der Waals surface area contributed by atoms with Crippen molar-refractivity contribution in [3.05, 3.63) is 0 Å². The Labute approximate surface area is 233 Å². The molecule has 0 saturated carbocycles. The molecule has 5 atom stereocenters. The molecule has 11 nitrogen and oxygen atoms in total. The van der Waals surface area contributed by atoms with Gasteiger partial charge in [-0.2, -0.15) is 0 Å². The molecular formula is C28H51N3O8. The molecule has 0 heterocycles. The van der Waals surface area contributed by atoms with Crippen LogP contribution in [0.15, 0.2) is 0 Å². The van der Waals surface area contributed by atoms with E-state index in [4.69, 9.17) is 9.84 Å². The van der Waals surface area contributed by atoms with Gasteiger partial charge in [0.15, 0.2) is 0 Å². The van der Waals surface area contributed by atoms with Crippen molar-refractivity contribution in [1.29, 1.82) is 0 Å². The van der Waals surface area contributed by atoms with Crippen LogP contribution in [0, 0.1) is 11.8 Å². The zero-order valence-electron chi connectivity index (χ0n) is 25.0. The van der Waals surface area contributed by atoms with Crippen LogP contribution in [0.2, 0.25) is 0 Å². The summed E-state index contributed by atoms with van der Waals surface area (Å²) in [4.78, 5) is 62.0. The molecule has 0 aliphatic heterocycles. The zero-order chi connectivity index (χ0) is 30.3. The van der Waals surface area contributed by atoms with E-state index < -0.39 is 60.0 Å². The van der Waals surface area contributed by atoms with E-state index in [1.165, 1.54) is 0 Å². The Balaban J connectivity index is 5.36. The number of ether oxygens (including phenoxy) is 1. The van der Waals surface area contributed by atoms with Gasteiger partial charge in [0.25, 0.3) is 0 Å². The van der Waals surface area contributed by atoms with Crippen molar-refractivity contribution in [3.8, 4) is 0 Å². The Hall–Kier alpha value is -2.69. The topological polar surface area (TPSA) is 171 Å². The molecule has 5 N–H and O–H groups in total. The summed E-state index contributed by atoms with van der Waals surface area (Å²) in [6, 6.07) is -2.61. The third kappa shape index (κ3) is 16.1. The summed E-state index contributed by atoms with van der Waals surface area (Å²) in [5.41, 5.74) is -0.608. The molecule has 0 aromatic carbocycles. The van der Waals surface area contributed by atoms with Gasteiger partial charge >= 0.3 is 11.9 Å². The molecule has 0 radical (unpaired) electrons. The van der Waals surface area contributed by atoms with Gasteiger partial charge in [0, 0.05) is 12.8 Å². The van der Waals surface area contributed by atoms with E-state index in [1.807, 2.05) is 34.6 Å². The lowest BCUT2D eigenvalue weighted by Crippen LogP contribution is -2.57. The van der Waals surface area contributed by atoms with Gasteiger partial charge in [-0.05, 0) is 51.9 Å². The monoisotopic (exact) mass is 557 g/mol. The first-order chi connectivity index (χ1) is 18.0. The highest BCUT2D eigenvalue weighted by molar-refractivity contribution is 5.92. The Kier molecular flexibility index (Phi) is 16.6. The second-order valence-corrected chi connectivity index (χ2v) is 11.6. The van der Waals surface area contributed by atoms with Crippen LogP contribution in [0.4, 0.5) is 0 Å². The number of carbonyl (C=O) groups is 5. The maximum absolute atomic E-state index is 13.2. The molecule has 3 amide bonds. The van der Waals surface area contributed by atoms with Crippen LogP contribution in [0.1, 0.15) is 107 Å². The highest BCUT2D eigenvalue weighted by Gasteiger charge is 2.32. The molecule has 0 saturated heterocycles. The quantitative estimate of drug-likeness (QED) is 0.160. The maximum Gasteiger partial charge on any atom is 0.306 e. The first-order valence-electron chi connectivity index (χ1n) is 14.0. The average Bonchev–Trinajstić information content (AvgIpc) is 2.79. The number of aliphatic hydroxyl groups excluding tert-OH is 1. The summed E-state index contributed by atoms with van der Waals surface area (Å²) < 4.78 is 5.25. The Morgan fingerprint density at radius 1 is 0.897 bits per heavy atom. The third-order valence-corrected chi connectivity index (χ3v) is 6.13. The molecule has 0 aliphatic carbocycles. The molecular weight excluding hydrogens is 506 g/mol. The summed E-state index contributed by atoms with van der Waals surface area (Å²) in [6.07, 6.45) is 0.449. The number of aliphatic hydroxyl groups is 1. The number of aliphatic carboxylic acids is 1. The van der Waals surface area contributed by atoms with Crippen molar-refractivity contribution in [2.45, 2.75) is 137 Å². The lowest BCUT2D eigenvalue weighted by Gasteiger charge is -2.29. The summed E-state index contributed by atoms with van der Waals surface area (Å²) in [6.45, 7) is 14.6. The highest BCUT2D eigenvalue weighted by atomic mass is 16.6.